The molecule has 2 aromatic rings. The van der Waals surface area contributed by atoms with Crippen molar-refractivity contribution in [1.29, 1.82) is 0 Å². The van der Waals surface area contributed by atoms with Gasteiger partial charge in [0.1, 0.15) is 12.2 Å². The van der Waals surface area contributed by atoms with Gasteiger partial charge in [0.05, 0.1) is 54.2 Å². The number of esters is 1. The number of hydrogen-bond donors (Lipinski definition) is 3. The van der Waals surface area contributed by atoms with Crippen molar-refractivity contribution < 1.29 is 39.1 Å². The monoisotopic (exact) mass is 540 g/mol. The van der Waals surface area contributed by atoms with Crippen LogP contribution in [0.2, 0.25) is 0 Å². The van der Waals surface area contributed by atoms with Crippen LogP contribution in [0.15, 0.2) is 60.7 Å². The molecular weight excluding hydrogens is 500 g/mol. The van der Waals surface area contributed by atoms with E-state index in [1.165, 1.54) is 6.92 Å². The van der Waals surface area contributed by atoms with Crippen molar-refractivity contribution in [1.82, 2.24) is 0 Å². The van der Waals surface area contributed by atoms with Crippen molar-refractivity contribution in [3.05, 3.63) is 71.8 Å². The van der Waals surface area contributed by atoms with Crippen molar-refractivity contribution in [3.63, 3.8) is 0 Å². The molecular formula is C31H40O8. The number of rotatable bonds is 8. The van der Waals surface area contributed by atoms with Gasteiger partial charge in [-0.1, -0.05) is 60.7 Å². The summed E-state index contributed by atoms with van der Waals surface area (Å²) < 4.78 is 25.6. The molecule has 0 unspecified atom stereocenters. The molecule has 2 aliphatic carbocycles. The summed E-state index contributed by atoms with van der Waals surface area (Å²) in [6.07, 6.45) is -3.48. The molecule has 1 spiro atoms. The fourth-order valence-corrected chi connectivity index (χ4v) is 7.57. The maximum atomic E-state index is 12.3. The molecule has 8 atom stereocenters. The predicted molar refractivity (Wildman–Crippen MR) is 142 cm³/mol. The highest BCUT2D eigenvalue weighted by atomic mass is 16.6. The second-order valence-corrected chi connectivity index (χ2v) is 12.0. The molecule has 0 radical (unpaired) electrons. The fourth-order valence-electron chi connectivity index (χ4n) is 7.57. The average Bonchev–Trinajstić information content (AvgIpc) is 3.08. The van der Waals surface area contributed by atoms with Crippen LogP contribution >= 0.6 is 0 Å². The second-order valence-electron chi connectivity index (χ2n) is 12.0. The van der Waals surface area contributed by atoms with E-state index in [-0.39, 0.29) is 26.2 Å². The topological polar surface area (TPSA) is 115 Å². The molecule has 8 nitrogen and oxygen atoms in total. The summed E-state index contributed by atoms with van der Waals surface area (Å²) in [5, 5.41) is 36.0. The number of aliphatic hydroxyl groups is 3. The van der Waals surface area contributed by atoms with Crippen LogP contribution in [0.5, 0.6) is 0 Å². The zero-order valence-corrected chi connectivity index (χ0v) is 23.1. The number of fused-ring (bicyclic) bond motifs is 1. The van der Waals surface area contributed by atoms with Gasteiger partial charge in [-0.15, -0.1) is 0 Å². The van der Waals surface area contributed by atoms with Gasteiger partial charge in [0.15, 0.2) is 0 Å². The smallest absolute Gasteiger partial charge is 0.302 e. The van der Waals surface area contributed by atoms with Crippen LogP contribution in [0.25, 0.3) is 0 Å². The molecule has 5 rings (SSSR count). The Morgan fingerprint density at radius 1 is 0.949 bits per heavy atom. The molecule has 2 saturated carbocycles. The highest BCUT2D eigenvalue weighted by Crippen LogP contribution is 2.68. The van der Waals surface area contributed by atoms with Crippen LogP contribution in [0.1, 0.15) is 51.7 Å². The summed E-state index contributed by atoms with van der Waals surface area (Å²) >= 11 is 0. The van der Waals surface area contributed by atoms with Crippen LogP contribution in [0, 0.1) is 11.3 Å². The molecule has 1 heterocycles. The van der Waals surface area contributed by atoms with Gasteiger partial charge in [0.25, 0.3) is 0 Å². The molecule has 3 fully saturated rings. The summed E-state index contributed by atoms with van der Waals surface area (Å²) in [5.41, 5.74) is -3.81. The van der Waals surface area contributed by atoms with Crippen molar-refractivity contribution in [2.75, 3.05) is 6.61 Å². The van der Waals surface area contributed by atoms with Gasteiger partial charge in [0.2, 0.25) is 0 Å². The van der Waals surface area contributed by atoms with E-state index in [2.05, 4.69) is 0 Å². The Balaban J connectivity index is 1.66. The van der Waals surface area contributed by atoms with Crippen LogP contribution < -0.4 is 0 Å². The first-order chi connectivity index (χ1) is 18.5. The lowest BCUT2D eigenvalue weighted by Gasteiger charge is -2.66. The fraction of sp³-hybridized carbons (Fsp3) is 0.581. The molecule has 1 saturated heterocycles. The quantitative estimate of drug-likeness (QED) is 0.438. The van der Waals surface area contributed by atoms with E-state index in [0.29, 0.717) is 6.42 Å². The van der Waals surface area contributed by atoms with Crippen molar-refractivity contribution in [2.45, 2.75) is 95.0 Å². The Kier molecular flexibility index (Phi) is 7.41. The molecule has 3 N–H and O–H groups in total. The largest absolute Gasteiger partial charge is 0.465 e. The molecule has 3 aliphatic rings. The maximum absolute atomic E-state index is 12.3. The number of ether oxygens (including phenoxy) is 4. The number of hydrogen-bond acceptors (Lipinski definition) is 8. The number of benzene rings is 2. The zero-order valence-electron chi connectivity index (χ0n) is 23.1. The number of carbonyl (C=O) groups is 1. The Hall–Kier alpha value is -2.33. The highest BCUT2D eigenvalue weighted by Gasteiger charge is 2.84. The van der Waals surface area contributed by atoms with E-state index >= 15 is 0 Å². The van der Waals surface area contributed by atoms with Crippen LogP contribution in [-0.2, 0) is 37.0 Å². The van der Waals surface area contributed by atoms with Crippen LogP contribution in [0.4, 0.5) is 0 Å². The van der Waals surface area contributed by atoms with Gasteiger partial charge in [-0.3, -0.25) is 4.79 Å². The first-order valence-corrected chi connectivity index (χ1v) is 13.7. The third-order valence-corrected chi connectivity index (χ3v) is 9.21. The summed E-state index contributed by atoms with van der Waals surface area (Å²) in [7, 11) is 0. The predicted octanol–water partition coefficient (Wildman–Crippen LogP) is 3.15. The lowest BCUT2D eigenvalue weighted by Crippen LogP contribution is -2.82. The molecule has 0 aromatic heterocycles. The standard InChI is InChI=1S/C31H40O8/c1-20(32)38-19-30-23(36-17-21-11-7-5-8-12-21)15-16-29(4,35)31(30)26(34)24(28(2,3)39-31)25(33)27(30)37-18-22-13-9-6-10-14-22/h5-14,23-27,33-35H,15-19H2,1-4H3/t23-,24+,25-,26+,27+,29-,30-,31-/m0/s1. The summed E-state index contributed by atoms with van der Waals surface area (Å²) in [5.74, 6) is -1.29. The maximum Gasteiger partial charge on any atom is 0.302 e. The Labute approximate surface area is 229 Å². The van der Waals surface area contributed by atoms with Crippen molar-refractivity contribution >= 4 is 5.97 Å². The third-order valence-electron chi connectivity index (χ3n) is 9.21. The molecule has 2 aromatic carbocycles. The molecule has 2 bridgehead atoms. The van der Waals surface area contributed by atoms with E-state index in [0.717, 1.165) is 11.1 Å². The van der Waals surface area contributed by atoms with E-state index in [9.17, 15) is 20.1 Å². The molecule has 0 amide bonds. The van der Waals surface area contributed by atoms with Gasteiger partial charge in [-0.25, -0.2) is 0 Å². The van der Waals surface area contributed by atoms with Gasteiger partial charge in [-0.2, -0.15) is 0 Å². The third kappa shape index (κ3) is 4.42. The molecule has 8 heteroatoms. The van der Waals surface area contributed by atoms with E-state index in [1.807, 2.05) is 60.7 Å². The summed E-state index contributed by atoms with van der Waals surface area (Å²) in [6, 6.07) is 19.2. The second kappa shape index (κ2) is 10.3. The van der Waals surface area contributed by atoms with E-state index in [4.69, 9.17) is 18.9 Å². The minimum atomic E-state index is -1.65. The van der Waals surface area contributed by atoms with E-state index in [1.54, 1.807) is 20.8 Å². The normalized spacial score (nSPS) is 38.7. The summed E-state index contributed by atoms with van der Waals surface area (Å²) in [6.45, 7) is 6.71. The van der Waals surface area contributed by atoms with Crippen molar-refractivity contribution in [3.8, 4) is 0 Å². The lowest BCUT2D eigenvalue weighted by atomic mass is 9.46. The number of aliphatic hydroxyl groups excluding tert-OH is 2. The lowest BCUT2D eigenvalue weighted by molar-refractivity contribution is -0.359. The first kappa shape index (κ1) is 28.2. The Morgan fingerprint density at radius 2 is 1.51 bits per heavy atom. The Morgan fingerprint density at radius 3 is 2.08 bits per heavy atom. The minimum Gasteiger partial charge on any atom is -0.465 e. The first-order valence-electron chi connectivity index (χ1n) is 13.7. The molecule has 39 heavy (non-hydrogen) atoms. The minimum absolute atomic E-state index is 0.164. The Bertz CT molecular complexity index is 1150. The SMILES string of the molecule is CC(=O)OC[C@@]12[C@@H](OCc3ccccc3)CC[C@](C)(O)[C@]13OC(C)(C)[C@H]([C@H](O)[C@H]2OCc1ccccc1)[C@H]3O. The molecule has 1 aliphatic heterocycles. The van der Waals surface area contributed by atoms with Gasteiger partial charge >= 0.3 is 5.97 Å². The van der Waals surface area contributed by atoms with Crippen LogP contribution in [0.3, 0.4) is 0 Å². The average molecular weight is 541 g/mol. The van der Waals surface area contributed by atoms with Crippen molar-refractivity contribution in [2.24, 2.45) is 11.3 Å². The summed E-state index contributed by atoms with van der Waals surface area (Å²) in [4.78, 5) is 12.3. The van der Waals surface area contributed by atoms with Gasteiger partial charge in [-0.05, 0) is 44.7 Å². The number of carbonyl (C=O) groups excluding carboxylic acids is 1. The zero-order chi connectivity index (χ0) is 28.1. The van der Waals surface area contributed by atoms with Crippen LogP contribution in [-0.4, -0.2) is 69.1 Å². The van der Waals surface area contributed by atoms with E-state index < -0.39 is 58.5 Å². The van der Waals surface area contributed by atoms with Gasteiger partial charge < -0.3 is 34.3 Å². The van der Waals surface area contributed by atoms with Gasteiger partial charge in [0, 0.05) is 12.8 Å². The molecule has 212 valence electrons. The highest BCUT2D eigenvalue weighted by molar-refractivity contribution is 5.66.